The predicted molar refractivity (Wildman–Crippen MR) is 56.2 cm³/mol. The Morgan fingerprint density at radius 3 is 2.54 bits per heavy atom. The minimum absolute atomic E-state index is 0.115. The quantitative estimate of drug-likeness (QED) is 0.656. The van der Waals surface area contributed by atoms with E-state index < -0.39 is 0 Å². The molecule has 0 saturated carbocycles. The Morgan fingerprint density at radius 2 is 2.00 bits per heavy atom. The summed E-state index contributed by atoms with van der Waals surface area (Å²) in [5.74, 6) is 0. The zero-order valence-corrected chi connectivity index (χ0v) is 9.26. The smallest absolute Gasteiger partial charge is 0.149 e. The molecule has 0 amide bonds. The Bertz CT molecular complexity index is 196. The van der Waals surface area contributed by atoms with Gasteiger partial charge in [-0.15, -0.1) is 0 Å². The lowest BCUT2D eigenvalue weighted by molar-refractivity contribution is -0.00675. The van der Waals surface area contributed by atoms with Gasteiger partial charge in [0.05, 0.1) is 0 Å². The molecule has 1 atom stereocenters. The molecule has 2 heteroatoms. The van der Waals surface area contributed by atoms with E-state index in [0.717, 1.165) is 25.7 Å². The molecule has 1 rings (SSSR count). The lowest BCUT2D eigenvalue weighted by Gasteiger charge is -2.21. The van der Waals surface area contributed by atoms with Gasteiger partial charge in [-0.25, -0.2) is 0 Å². The van der Waals surface area contributed by atoms with Crippen LogP contribution in [0, 0.1) is 0 Å². The third kappa shape index (κ3) is 2.53. The summed E-state index contributed by atoms with van der Waals surface area (Å²) in [6, 6.07) is 0. The standard InChI is InChI=1S/C11H21NO/c1-5-7-9-11(3,4)13-10(12-9)8-6-2/h10H,5-8H2,1-4H3. The van der Waals surface area contributed by atoms with Crippen molar-refractivity contribution in [3.8, 4) is 0 Å². The molecule has 2 nitrogen and oxygen atoms in total. The average Bonchev–Trinajstić information content (AvgIpc) is 2.28. The summed E-state index contributed by atoms with van der Waals surface area (Å²) >= 11 is 0. The molecule has 0 fully saturated rings. The molecular formula is C11H21NO. The lowest BCUT2D eigenvalue weighted by atomic mass is 9.99. The number of ether oxygens (including phenoxy) is 1. The highest BCUT2D eigenvalue weighted by molar-refractivity contribution is 5.93. The first kappa shape index (κ1) is 10.7. The summed E-state index contributed by atoms with van der Waals surface area (Å²) in [5.41, 5.74) is 1.13. The van der Waals surface area contributed by atoms with Crippen LogP contribution in [-0.4, -0.2) is 17.5 Å². The molecular weight excluding hydrogens is 162 g/mol. The van der Waals surface area contributed by atoms with Gasteiger partial charge >= 0.3 is 0 Å². The summed E-state index contributed by atoms with van der Waals surface area (Å²) in [7, 11) is 0. The van der Waals surface area contributed by atoms with E-state index in [2.05, 4.69) is 32.7 Å². The fourth-order valence-corrected chi connectivity index (χ4v) is 1.74. The van der Waals surface area contributed by atoms with Crippen molar-refractivity contribution in [2.75, 3.05) is 0 Å². The van der Waals surface area contributed by atoms with Crippen LogP contribution >= 0.6 is 0 Å². The van der Waals surface area contributed by atoms with Crippen LogP contribution in [0.3, 0.4) is 0 Å². The maximum absolute atomic E-state index is 5.85. The second kappa shape index (κ2) is 4.23. The Labute approximate surface area is 81.4 Å². The molecule has 1 unspecified atom stereocenters. The first-order valence-electron chi connectivity index (χ1n) is 5.35. The monoisotopic (exact) mass is 183 g/mol. The number of rotatable bonds is 4. The number of hydrogen-bond donors (Lipinski definition) is 0. The lowest BCUT2D eigenvalue weighted by Crippen LogP contribution is -2.30. The number of hydrogen-bond acceptors (Lipinski definition) is 2. The average molecular weight is 183 g/mol. The van der Waals surface area contributed by atoms with Gasteiger partial charge in [-0.2, -0.15) is 0 Å². The Kier molecular flexibility index (Phi) is 3.48. The van der Waals surface area contributed by atoms with Crippen LogP contribution in [0.2, 0.25) is 0 Å². The second-order valence-corrected chi connectivity index (χ2v) is 4.20. The SMILES string of the molecule is CCCC1=NC(CCC)OC1(C)C. The maximum Gasteiger partial charge on any atom is 0.149 e. The minimum atomic E-state index is -0.115. The van der Waals surface area contributed by atoms with Crippen molar-refractivity contribution in [2.45, 2.75) is 65.2 Å². The molecule has 0 spiro atoms. The molecule has 1 aliphatic heterocycles. The van der Waals surface area contributed by atoms with Crippen molar-refractivity contribution in [3.63, 3.8) is 0 Å². The molecule has 0 bridgehead atoms. The molecule has 76 valence electrons. The van der Waals surface area contributed by atoms with Gasteiger partial charge in [0.1, 0.15) is 11.8 Å². The fraction of sp³-hybridized carbons (Fsp3) is 0.909. The summed E-state index contributed by atoms with van der Waals surface area (Å²) < 4.78 is 5.85. The summed E-state index contributed by atoms with van der Waals surface area (Å²) in [6.07, 6.45) is 4.55. The highest BCUT2D eigenvalue weighted by Gasteiger charge is 2.34. The van der Waals surface area contributed by atoms with Crippen LogP contribution in [-0.2, 0) is 4.74 Å². The van der Waals surface area contributed by atoms with E-state index in [0.29, 0.717) is 0 Å². The van der Waals surface area contributed by atoms with Gasteiger partial charge in [-0.05, 0) is 26.7 Å². The van der Waals surface area contributed by atoms with E-state index in [4.69, 9.17) is 4.74 Å². The van der Waals surface area contributed by atoms with Crippen LogP contribution in [0.1, 0.15) is 53.4 Å². The van der Waals surface area contributed by atoms with Crippen molar-refractivity contribution in [1.29, 1.82) is 0 Å². The van der Waals surface area contributed by atoms with E-state index in [-0.39, 0.29) is 11.8 Å². The normalized spacial score (nSPS) is 26.2. The van der Waals surface area contributed by atoms with Gasteiger partial charge in [0.2, 0.25) is 0 Å². The molecule has 0 radical (unpaired) electrons. The number of aliphatic imine (C=N–C) groups is 1. The van der Waals surface area contributed by atoms with Crippen molar-refractivity contribution in [1.82, 2.24) is 0 Å². The minimum Gasteiger partial charge on any atom is -0.345 e. The van der Waals surface area contributed by atoms with Gasteiger partial charge < -0.3 is 4.74 Å². The summed E-state index contributed by atoms with van der Waals surface area (Å²) in [4.78, 5) is 4.61. The maximum atomic E-state index is 5.85. The molecule has 0 aliphatic carbocycles. The summed E-state index contributed by atoms with van der Waals surface area (Å²) in [5, 5.41) is 0. The van der Waals surface area contributed by atoms with Gasteiger partial charge in [0.25, 0.3) is 0 Å². The third-order valence-electron chi connectivity index (χ3n) is 2.45. The highest BCUT2D eigenvalue weighted by atomic mass is 16.5. The molecule has 0 N–H and O–H groups in total. The topological polar surface area (TPSA) is 21.6 Å². The molecule has 0 aromatic heterocycles. The zero-order chi connectivity index (χ0) is 9.90. The third-order valence-corrected chi connectivity index (χ3v) is 2.45. The van der Waals surface area contributed by atoms with Crippen LogP contribution in [0.4, 0.5) is 0 Å². The molecule has 0 aromatic rings. The Morgan fingerprint density at radius 1 is 1.31 bits per heavy atom. The highest BCUT2D eigenvalue weighted by Crippen LogP contribution is 2.27. The molecule has 1 aliphatic rings. The largest absolute Gasteiger partial charge is 0.345 e. The van der Waals surface area contributed by atoms with Crippen LogP contribution in [0.25, 0.3) is 0 Å². The van der Waals surface area contributed by atoms with Crippen LogP contribution in [0.15, 0.2) is 4.99 Å². The number of nitrogens with zero attached hydrogens (tertiary/aromatic N) is 1. The zero-order valence-electron chi connectivity index (χ0n) is 9.26. The van der Waals surface area contributed by atoms with Crippen molar-refractivity contribution < 1.29 is 4.74 Å². The Balaban J connectivity index is 2.60. The van der Waals surface area contributed by atoms with Crippen molar-refractivity contribution in [2.24, 2.45) is 4.99 Å². The van der Waals surface area contributed by atoms with Gasteiger partial charge in [-0.3, -0.25) is 4.99 Å². The first-order chi connectivity index (χ1) is 6.10. The van der Waals surface area contributed by atoms with Crippen molar-refractivity contribution >= 4 is 5.71 Å². The Hall–Kier alpha value is -0.370. The first-order valence-corrected chi connectivity index (χ1v) is 5.35. The molecule has 0 saturated heterocycles. The van der Waals surface area contributed by atoms with E-state index in [1.807, 2.05) is 0 Å². The summed E-state index contributed by atoms with van der Waals surface area (Å²) in [6.45, 7) is 8.60. The predicted octanol–water partition coefficient (Wildman–Crippen LogP) is 3.16. The van der Waals surface area contributed by atoms with Crippen LogP contribution in [0.5, 0.6) is 0 Å². The van der Waals surface area contributed by atoms with E-state index in [1.165, 1.54) is 5.71 Å². The molecule has 1 heterocycles. The van der Waals surface area contributed by atoms with E-state index in [1.54, 1.807) is 0 Å². The van der Waals surface area contributed by atoms with E-state index in [9.17, 15) is 0 Å². The van der Waals surface area contributed by atoms with Crippen molar-refractivity contribution in [3.05, 3.63) is 0 Å². The van der Waals surface area contributed by atoms with Gasteiger partial charge in [0.15, 0.2) is 0 Å². The molecule has 0 aromatic carbocycles. The molecule has 13 heavy (non-hydrogen) atoms. The van der Waals surface area contributed by atoms with Crippen LogP contribution < -0.4 is 0 Å². The second-order valence-electron chi connectivity index (χ2n) is 4.20. The fourth-order valence-electron chi connectivity index (χ4n) is 1.74. The van der Waals surface area contributed by atoms with Gasteiger partial charge in [0, 0.05) is 5.71 Å². The van der Waals surface area contributed by atoms with E-state index >= 15 is 0 Å². The van der Waals surface area contributed by atoms with Gasteiger partial charge in [-0.1, -0.05) is 26.7 Å².